The molecule has 0 saturated heterocycles. The van der Waals surface area contributed by atoms with Gasteiger partial charge in [0.15, 0.2) is 5.69 Å². The Morgan fingerprint density at radius 2 is 1.82 bits per heavy atom. The van der Waals surface area contributed by atoms with Gasteiger partial charge in [-0.15, -0.1) is 5.10 Å². The van der Waals surface area contributed by atoms with Crippen molar-refractivity contribution in [1.82, 2.24) is 35.4 Å². The summed E-state index contributed by atoms with van der Waals surface area (Å²) in [6.45, 7) is 4.27. The van der Waals surface area contributed by atoms with Crippen LogP contribution < -0.4 is 5.32 Å². The summed E-state index contributed by atoms with van der Waals surface area (Å²) in [5, 5.41) is 25.2. The van der Waals surface area contributed by atoms with E-state index in [0.717, 1.165) is 11.1 Å². The van der Waals surface area contributed by atoms with Crippen molar-refractivity contribution >= 4 is 5.97 Å². The number of hydrogen-bond acceptors (Lipinski definition) is 8. The first-order valence-electron chi connectivity index (χ1n) is 12.5. The lowest BCUT2D eigenvalue weighted by molar-refractivity contribution is -0.142. The Hall–Kier alpha value is -4.77. The van der Waals surface area contributed by atoms with Gasteiger partial charge in [-0.3, -0.25) is 9.78 Å². The lowest BCUT2D eigenvalue weighted by Crippen LogP contribution is -2.37. The molecule has 0 radical (unpaired) electrons. The van der Waals surface area contributed by atoms with Gasteiger partial charge in [-0.05, 0) is 43.2 Å². The number of halogens is 1. The van der Waals surface area contributed by atoms with Gasteiger partial charge in [-0.1, -0.05) is 53.7 Å². The molecule has 198 valence electrons. The highest BCUT2D eigenvalue weighted by Gasteiger charge is 2.25. The summed E-state index contributed by atoms with van der Waals surface area (Å²) >= 11 is 0. The van der Waals surface area contributed by atoms with Crippen molar-refractivity contribution < 1.29 is 18.8 Å². The molecule has 0 aliphatic heterocycles. The number of aromatic nitrogens is 6. The summed E-state index contributed by atoms with van der Waals surface area (Å²) in [6.07, 6.45) is 3.80. The molecule has 39 heavy (non-hydrogen) atoms. The van der Waals surface area contributed by atoms with Crippen molar-refractivity contribution in [3.8, 4) is 39.9 Å². The van der Waals surface area contributed by atoms with Crippen LogP contribution in [0.5, 0.6) is 0 Å². The lowest BCUT2D eigenvalue weighted by Gasteiger charge is -2.20. The summed E-state index contributed by atoms with van der Waals surface area (Å²) in [7, 11) is 0. The average Bonchev–Trinajstić information content (AvgIpc) is 3.61. The van der Waals surface area contributed by atoms with Crippen LogP contribution in [0.4, 0.5) is 4.39 Å². The minimum Gasteiger partial charge on any atom is -0.481 e. The van der Waals surface area contributed by atoms with Gasteiger partial charge < -0.3 is 14.9 Å². The minimum atomic E-state index is -0.804. The number of carboxylic acid groups (broad SMARTS) is 1. The number of benzene rings is 2. The molecule has 0 saturated carbocycles. The quantitative estimate of drug-likeness (QED) is 0.263. The molecule has 0 spiro atoms. The van der Waals surface area contributed by atoms with Crippen molar-refractivity contribution in [2.24, 2.45) is 5.92 Å². The maximum atomic E-state index is 14.6. The molecule has 3 aromatic heterocycles. The Morgan fingerprint density at radius 3 is 2.51 bits per heavy atom. The second kappa shape index (κ2) is 11.3. The molecule has 0 fully saturated rings. The number of hydrogen-bond donors (Lipinski definition) is 2. The van der Waals surface area contributed by atoms with Crippen LogP contribution in [-0.4, -0.2) is 47.2 Å². The van der Waals surface area contributed by atoms with Crippen molar-refractivity contribution in [2.75, 3.05) is 0 Å². The van der Waals surface area contributed by atoms with Crippen LogP contribution in [0.2, 0.25) is 0 Å². The van der Waals surface area contributed by atoms with E-state index in [-0.39, 0.29) is 17.6 Å². The monoisotopic (exact) mass is 527 g/mol. The fourth-order valence-corrected chi connectivity index (χ4v) is 4.36. The topological polar surface area (TPSA) is 132 Å². The Morgan fingerprint density at radius 1 is 1.08 bits per heavy atom. The standard InChI is InChI=1S/C28H26FN7O3/c1-3-21(28(37)38)17(2)31-16-18-8-10-20(11-9-18)26-32-27(39-34-26)24-25(19-12-14-30-15-13-19)36(35-33-24)23-7-5-4-6-22(23)29/h4-15,17,21,31H,3,16H2,1-2H3,(H,37,38)/t17-,21+/m1/s1. The lowest BCUT2D eigenvalue weighted by atomic mass is 9.98. The first-order chi connectivity index (χ1) is 19.0. The predicted molar refractivity (Wildman–Crippen MR) is 141 cm³/mol. The number of pyridine rings is 1. The molecule has 2 atom stereocenters. The Labute approximate surface area is 223 Å². The fourth-order valence-electron chi connectivity index (χ4n) is 4.36. The van der Waals surface area contributed by atoms with Gasteiger partial charge in [0.1, 0.15) is 17.2 Å². The van der Waals surface area contributed by atoms with Crippen LogP contribution in [0, 0.1) is 11.7 Å². The molecule has 5 rings (SSSR count). The highest BCUT2D eigenvalue weighted by atomic mass is 19.1. The molecule has 5 aromatic rings. The molecule has 11 heteroatoms. The van der Waals surface area contributed by atoms with E-state index >= 15 is 0 Å². The number of carbonyl (C=O) groups is 1. The van der Waals surface area contributed by atoms with E-state index in [1.807, 2.05) is 38.1 Å². The summed E-state index contributed by atoms with van der Waals surface area (Å²) in [5.74, 6) is -1.21. The van der Waals surface area contributed by atoms with E-state index in [2.05, 4.69) is 30.8 Å². The molecule has 0 unspecified atom stereocenters. The number of nitrogens with zero attached hydrogens (tertiary/aromatic N) is 6. The molecule has 10 nitrogen and oxygen atoms in total. The Bertz CT molecular complexity index is 1570. The molecular formula is C28H26FN7O3. The molecular weight excluding hydrogens is 501 g/mol. The third kappa shape index (κ3) is 5.43. The highest BCUT2D eigenvalue weighted by molar-refractivity contribution is 5.76. The SMILES string of the molecule is CC[C@H](C(=O)O)[C@@H](C)NCc1ccc(-c2noc(-c3nnn(-c4ccccc4F)c3-c3ccncc3)n2)cc1. The number of nitrogens with one attached hydrogen (secondary N) is 1. The molecule has 3 heterocycles. The number of rotatable bonds is 10. The second-order valence-electron chi connectivity index (χ2n) is 9.03. The normalized spacial score (nSPS) is 12.8. The molecule has 2 aromatic carbocycles. The zero-order valence-corrected chi connectivity index (χ0v) is 21.3. The van der Waals surface area contributed by atoms with E-state index in [9.17, 15) is 14.3 Å². The van der Waals surface area contributed by atoms with Gasteiger partial charge in [-0.25, -0.2) is 9.07 Å². The predicted octanol–water partition coefficient (Wildman–Crippen LogP) is 4.77. The van der Waals surface area contributed by atoms with Crippen molar-refractivity contribution in [2.45, 2.75) is 32.9 Å². The molecule has 0 amide bonds. The van der Waals surface area contributed by atoms with Gasteiger partial charge in [-0.2, -0.15) is 4.98 Å². The minimum absolute atomic E-state index is 0.137. The number of para-hydroxylation sites is 1. The Balaban J connectivity index is 1.40. The summed E-state index contributed by atoms with van der Waals surface area (Å²) in [6, 6.07) is 17.2. The van der Waals surface area contributed by atoms with Crippen molar-refractivity contribution in [3.63, 3.8) is 0 Å². The third-order valence-electron chi connectivity index (χ3n) is 6.53. The van der Waals surface area contributed by atoms with Gasteiger partial charge in [0.05, 0.1) is 5.92 Å². The van der Waals surface area contributed by atoms with Gasteiger partial charge >= 0.3 is 5.97 Å². The van der Waals surface area contributed by atoms with E-state index in [4.69, 9.17) is 4.52 Å². The first kappa shape index (κ1) is 25.9. The maximum absolute atomic E-state index is 14.6. The smallest absolute Gasteiger partial charge is 0.308 e. The number of aliphatic carboxylic acids is 1. The van der Waals surface area contributed by atoms with Crippen LogP contribution in [0.1, 0.15) is 25.8 Å². The largest absolute Gasteiger partial charge is 0.481 e. The van der Waals surface area contributed by atoms with Crippen LogP contribution in [-0.2, 0) is 11.3 Å². The van der Waals surface area contributed by atoms with E-state index in [0.29, 0.717) is 35.7 Å². The van der Waals surface area contributed by atoms with Gasteiger partial charge in [0, 0.05) is 36.1 Å². The summed E-state index contributed by atoms with van der Waals surface area (Å²) in [5.41, 5.74) is 3.44. The maximum Gasteiger partial charge on any atom is 0.308 e. The van der Waals surface area contributed by atoms with Crippen LogP contribution in [0.25, 0.3) is 39.9 Å². The number of carboxylic acids is 1. The molecule has 0 aliphatic rings. The van der Waals surface area contributed by atoms with E-state index in [1.165, 1.54) is 10.7 Å². The summed E-state index contributed by atoms with van der Waals surface area (Å²) in [4.78, 5) is 20.0. The van der Waals surface area contributed by atoms with Gasteiger partial charge in [0.2, 0.25) is 5.82 Å². The van der Waals surface area contributed by atoms with Gasteiger partial charge in [0.25, 0.3) is 5.89 Å². The van der Waals surface area contributed by atoms with E-state index in [1.54, 1.807) is 42.7 Å². The van der Waals surface area contributed by atoms with E-state index < -0.39 is 17.7 Å². The van der Waals surface area contributed by atoms with Crippen LogP contribution in [0.3, 0.4) is 0 Å². The Kier molecular flexibility index (Phi) is 7.50. The van der Waals surface area contributed by atoms with Crippen molar-refractivity contribution in [3.05, 3.63) is 84.4 Å². The molecule has 0 aliphatic carbocycles. The zero-order chi connectivity index (χ0) is 27.4. The van der Waals surface area contributed by atoms with Crippen molar-refractivity contribution in [1.29, 1.82) is 0 Å². The second-order valence-corrected chi connectivity index (χ2v) is 9.03. The average molecular weight is 528 g/mol. The molecule has 0 bridgehead atoms. The fraction of sp³-hybridized carbons (Fsp3) is 0.214. The zero-order valence-electron chi connectivity index (χ0n) is 21.3. The summed E-state index contributed by atoms with van der Waals surface area (Å²) < 4.78 is 21.6. The van der Waals surface area contributed by atoms with Crippen LogP contribution >= 0.6 is 0 Å². The highest BCUT2D eigenvalue weighted by Crippen LogP contribution is 2.32. The molecule has 2 N–H and O–H groups in total. The first-order valence-corrected chi connectivity index (χ1v) is 12.5. The van der Waals surface area contributed by atoms with Crippen LogP contribution in [0.15, 0.2) is 77.6 Å². The third-order valence-corrected chi connectivity index (χ3v) is 6.53.